The zero-order valence-electron chi connectivity index (χ0n) is 11.5. The van der Waals surface area contributed by atoms with Gasteiger partial charge in [-0.15, -0.1) is 0 Å². The van der Waals surface area contributed by atoms with E-state index in [1.165, 1.54) is 38.0 Å². The lowest BCUT2D eigenvalue weighted by molar-refractivity contribution is 0.356. The average Bonchev–Trinajstić information content (AvgIpc) is 2.93. The molecule has 0 unspecified atom stereocenters. The van der Waals surface area contributed by atoms with E-state index in [0.717, 1.165) is 23.5 Å². The van der Waals surface area contributed by atoms with Crippen LogP contribution in [-0.2, 0) is 0 Å². The van der Waals surface area contributed by atoms with Crippen molar-refractivity contribution >= 4 is 16.7 Å². The van der Waals surface area contributed by atoms with Crippen molar-refractivity contribution in [3.8, 4) is 0 Å². The molecule has 0 spiro atoms. The van der Waals surface area contributed by atoms with Gasteiger partial charge in [0.25, 0.3) is 0 Å². The largest absolute Gasteiger partial charge is 0.375 e. The second-order valence-corrected chi connectivity index (χ2v) is 5.51. The van der Waals surface area contributed by atoms with Crippen molar-refractivity contribution in [1.29, 1.82) is 0 Å². The lowest BCUT2D eigenvalue weighted by Crippen LogP contribution is -2.30. The van der Waals surface area contributed by atoms with Gasteiger partial charge in [0.05, 0.1) is 17.4 Å². The molecule has 0 radical (unpaired) electrons. The van der Waals surface area contributed by atoms with Crippen molar-refractivity contribution in [2.45, 2.75) is 19.3 Å². The Kier molecular flexibility index (Phi) is 3.69. The number of nitrogens with zero attached hydrogens (tertiary/aromatic N) is 2. The number of piperidine rings is 1. The summed E-state index contributed by atoms with van der Waals surface area (Å²) < 4.78 is 0. The van der Waals surface area contributed by atoms with E-state index in [0.29, 0.717) is 0 Å². The SMILES string of the molecule is CN(CCC1CCNCC1)c1ccc2nc[nH]c2c1. The molecule has 0 saturated carbocycles. The number of imidazole rings is 1. The molecule has 4 nitrogen and oxygen atoms in total. The zero-order valence-corrected chi connectivity index (χ0v) is 11.5. The first-order chi connectivity index (χ1) is 9.33. The molecule has 1 aliphatic rings. The Hall–Kier alpha value is -1.55. The molecule has 1 saturated heterocycles. The van der Waals surface area contributed by atoms with Crippen LogP contribution in [0.2, 0.25) is 0 Å². The molecular formula is C15H22N4. The van der Waals surface area contributed by atoms with E-state index < -0.39 is 0 Å². The Bertz CT molecular complexity index is 528. The van der Waals surface area contributed by atoms with E-state index in [-0.39, 0.29) is 0 Å². The molecule has 1 fully saturated rings. The minimum Gasteiger partial charge on any atom is -0.375 e. The standard InChI is InChI=1S/C15H22N4/c1-19(9-6-12-4-7-16-8-5-12)13-2-3-14-15(10-13)18-11-17-14/h2-3,10-12,16H,4-9H2,1H3,(H,17,18). The van der Waals surface area contributed by atoms with Crippen LogP contribution in [0, 0.1) is 5.92 Å². The van der Waals surface area contributed by atoms with Crippen molar-refractivity contribution in [1.82, 2.24) is 15.3 Å². The summed E-state index contributed by atoms with van der Waals surface area (Å²) in [5.41, 5.74) is 3.42. The normalized spacial score (nSPS) is 16.9. The van der Waals surface area contributed by atoms with Gasteiger partial charge >= 0.3 is 0 Å². The number of aromatic amines is 1. The fraction of sp³-hybridized carbons (Fsp3) is 0.533. The van der Waals surface area contributed by atoms with Gasteiger partial charge < -0.3 is 15.2 Å². The summed E-state index contributed by atoms with van der Waals surface area (Å²) in [6, 6.07) is 6.43. The molecule has 2 N–H and O–H groups in total. The average molecular weight is 258 g/mol. The highest BCUT2D eigenvalue weighted by Gasteiger charge is 2.13. The first kappa shape index (κ1) is 12.5. The molecule has 2 heterocycles. The van der Waals surface area contributed by atoms with Crippen LogP contribution >= 0.6 is 0 Å². The van der Waals surface area contributed by atoms with Gasteiger partial charge in [0, 0.05) is 19.3 Å². The zero-order chi connectivity index (χ0) is 13.1. The van der Waals surface area contributed by atoms with Gasteiger partial charge in [0.2, 0.25) is 0 Å². The third kappa shape index (κ3) is 2.89. The minimum atomic E-state index is 0.889. The van der Waals surface area contributed by atoms with Crippen molar-refractivity contribution in [3.63, 3.8) is 0 Å². The number of H-pyrrole nitrogens is 1. The molecule has 0 atom stereocenters. The quantitative estimate of drug-likeness (QED) is 0.885. The summed E-state index contributed by atoms with van der Waals surface area (Å²) in [5, 5.41) is 3.43. The van der Waals surface area contributed by atoms with Gasteiger partial charge in [-0.1, -0.05) is 0 Å². The Morgan fingerprint density at radius 2 is 2.16 bits per heavy atom. The van der Waals surface area contributed by atoms with E-state index in [4.69, 9.17) is 0 Å². The topological polar surface area (TPSA) is 44.0 Å². The van der Waals surface area contributed by atoms with Crippen LogP contribution in [0.15, 0.2) is 24.5 Å². The number of hydrogen-bond acceptors (Lipinski definition) is 3. The third-order valence-corrected chi connectivity index (χ3v) is 4.18. The number of benzene rings is 1. The third-order valence-electron chi connectivity index (χ3n) is 4.18. The second kappa shape index (κ2) is 5.61. The first-order valence-electron chi connectivity index (χ1n) is 7.18. The molecule has 0 aliphatic carbocycles. The summed E-state index contributed by atoms with van der Waals surface area (Å²) in [6.07, 6.45) is 5.70. The number of anilines is 1. The molecule has 102 valence electrons. The van der Waals surface area contributed by atoms with Gasteiger partial charge in [-0.3, -0.25) is 0 Å². The van der Waals surface area contributed by atoms with Crippen LogP contribution < -0.4 is 10.2 Å². The Labute approximate surface area is 114 Å². The summed E-state index contributed by atoms with van der Waals surface area (Å²) >= 11 is 0. The molecule has 1 aromatic carbocycles. The van der Waals surface area contributed by atoms with E-state index in [9.17, 15) is 0 Å². The number of fused-ring (bicyclic) bond motifs is 1. The number of hydrogen-bond donors (Lipinski definition) is 2. The molecule has 4 heteroatoms. The predicted octanol–water partition coefficient (Wildman–Crippen LogP) is 2.39. The Morgan fingerprint density at radius 1 is 1.32 bits per heavy atom. The van der Waals surface area contributed by atoms with Crippen molar-refractivity contribution in [2.24, 2.45) is 5.92 Å². The van der Waals surface area contributed by atoms with Crippen LogP contribution in [0.1, 0.15) is 19.3 Å². The van der Waals surface area contributed by atoms with Gasteiger partial charge in [-0.05, 0) is 56.5 Å². The summed E-state index contributed by atoms with van der Waals surface area (Å²) in [7, 11) is 2.18. The van der Waals surface area contributed by atoms with Crippen molar-refractivity contribution < 1.29 is 0 Å². The maximum absolute atomic E-state index is 4.26. The monoisotopic (exact) mass is 258 g/mol. The molecule has 1 aliphatic heterocycles. The van der Waals surface area contributed by atoms with Crippen molar-refractivity contribution in [3.05, 3.63) is 24.5 Å². The summed E-state index contributed by atoms with van der Waals surface area (Å²) in [4.78, 5) is 9.78. The molecule has 19 heavy (non-hydrogen) atoms. The molecule has 2 aromatic rings. The van der Waals surface area contributed by atoms with Crippen LogP contribution in [0.25, 0.3) is 11.0 Å². The molecular weight excluding hydrogens is 236 g/mol. The highest BCUT2D eigenvalue weighted by molar-refractivity contribution is 5.78. The molecule has 3 rings (SSSR count). The molecule has 0 bridgehead atoms. The predicted molar refractivity (Wildman–Crippen MR) is 79.6 cm³/mol. The van der Waals surface area contributed by atoms with E-state index in [1.807, 2.05) is 0 Å². The lowest BCUT2D eigenvalue weighted by atomic mass is 9.94. The van der Waals surface area contributed by atoms with Gasteiger partial charge in [0.15, 0.2) is 0 Å². The highest BCUT2D eigenvalue weighted by atomic mass is 15.1. The van der Waals surface area contributed by atoms with E-state index in [1.54, 1.807) is 6.33 Å². The minimum absolute atomic E-state index is 0.889. The Balaban J connectivity index is 1.60. The highest BCUT2D eigenvalue weighted by Crippen LogP contribution is 2.21. The fourth-order valence-electron chi connectivity index (χ4n) is 2.84. The first-order valence-corrected chi connectivity index (χ1v) is 7.18. The van der Waals surface area contributed by atoms with E-state index >= 15 is 0 Å². The van der Waals surface area contributed by atoms with Gasteiger partial charge in [-0.25, -0.2) is 4.98 Å². The summed E-state index contributed by atoms with van der Waals surface area (Å²) in [6.45, 7) is 3.51. The summed E-state index contributed by atoms with van der Waals surface area (Å²) in [5.74, 6) is 0.889. The number of nitrogens with one attached hydrogen (secondary N) is 2. The van der Waals surface area contributed by atoms with Crippen LogP contribution in [0.5, 0.6) is 0 Å². The lowest BCUT2D eigenvalue weighted by Gasteiger charge is -2.26. The van der Waals surface area contributed by atoms with E-state index in [2.05, 4.69) is 45.4 Å². The Morgan fingerprint density at radius 3 is 3.00 bits per heavy atom. The smallest absolute Gasteiger partial charge is 0.0931 e. The fourth-order valence-corrected chi connectivity index (χ4v) is 2.84. The molecule has 1 aromatic heterocycles. The second-order valence-electron chi connectivity index (χ2n) is 5.51. The van der Waals surface area contributed by atoms with Gasteiger partial charge in [-0.2, -0.15) is 0 Å². The maximum Gasteiger partial charge on any atom is 0.0931 e. The van der Waals surface area contributed by atoms with Gasteiger partial charge in [0.1, 0.15) is 0 Å². The van der Waals surface area contributed by atoms with Crippen LogP contribution in [0.4, 0.5) is 5.69 Å². The number of aromatic nitrogens is 2. The van der Waals surface area contributed by atoms with Crippen molar-refractivity contribution in [2.75, 3.05) is 31.6 Å². The molecule has 0 amide bonds. The van der Waals surface area contributed by atoms with Crippen LogP contribution in [0.3, 0.4) is 0 Å². The van der Waals surface area contributed by atoms with Crippen LogP contribution in [-0.4, -0.2) is 36.6 Å². The maximum atomic E-state index is 4.26. The number of rotatable bonds is 4.